The summed E-state index contributed by atoms with van der Waals surface area (Å²) in [7, 11) is 1.27. The number of aliphatic carboxylic acids is 1. The number of nitrogens with one attached hydrogen (secondary N) is 1. The van der Waals surface area contributed by atoms with Crippen LogP contribution in [0.2, 0.25) is 0 Å². The van der Waals surface area contributed by atoms with Gasteiger partial charge < -0.3 is 15.2 Å². The van der Waals surface area contributed by atoms with Gasteiger partial charge in [0, 0.05) is 0 Å². The van der Waals surface area contributed by atoms with E-state index in [-0.39, 0.29) is 42.4 Å². The number of carbonyl (C=O) groups excluding carboxylic acids is 2. The van der Waals surface area contributed by atoms with Gasteiger partial charge in [-0.15, -0.1) is 0 Å². The van der Waals surface area contributed by atoms with Gasteiger partial charge in [-0.2, -0.15) is 18.3 Å². The third-order valence-electron chi connectivity index (χ3n) is 9.10. The molecule has 0 spiro atoms. The molecule has 230 valence electrons. The average molecular weight is 596 g/mol. The maximum atomic E-state index is 14.9. The topological polar surface area (TPSA) is 111 Å². The molecule has 0 aliphatic heterocycles. The molecule has 2 aliphatic carbocycles. The Kier molecular flexibility index (Phi) is 8.76. The van der Waals surface area contributed by atoms with Crippen molar-refractivity contribution >= 4 is 17.7 Å². The minimum absolute atomic E-state index is 0.00883. The second kappa shape index (κ2) is 11.7. The Morgan fingerprint density at radius 3 is 2.24 bits per heavy atom. The molecule has 1 atom stereocenters. The monoisotopic (exact) mass is 595 g/mol. The Morgan fingerprint density at radius 2 is 1.69 bits per heavy atom. The molecule has 8 nitrogen and oxygen atoms in total. The number of methoxy groups -OCH3 is 1. The molecule has 2 aliphatic rings. The van der Waals surface area contributed by atoms with Crippen LogP contribution in [0.1, 0.15) is 105 Å². The first kappa shape index (κ1) is 31.5. The Labute approximate surface area is 241 Å². The maximum Gasteiger partial charge on any atom is 0.433 e. The summed E-state index contributed by atoms with van der Waals surface area (Å²) in [6.07, 6.45) is -1.08. The van der Waals surface area contributed by atoms with Crippen LogP contribution in [-0.2, 0) is 11.0 Å². The second-order valence-electron chi connectivity index (χ2n) is 12.6. The lowest BCUT2D eigenvalue weighted by atomic mass is 9.70. The lowest BCUT2D eigenvalue weighted by molar-refractivity contribution is -0.152. The minimum Gasteiger partial charge on any atom is -0.496 e. The van der Waals surface area contributed by atoms with E-state index in [4.69, 9.17) is 4.74 Å². The summed E-state index contributed by atoms with van der Waals surface area (Å²) in [5, 5.41) is 15.9. The van der Waals surface area contributed by atoms with Crippen LogP contribution in [-0.4, -0.2) is 45.7 Å². The van der Waals surface area contributed by atoms with E-state index >= 15 is 0 Å². The van der Waals surface area contributed by atoms with Crippen LogP contribution in [0.15, 0.2) is 24.4 Å². The van der Waals surface area contributed by atoms with Crippen LogP contribution < -0.4 is 10.1 Å². The van der Waals surface area contributed by atoms with Crippen molar-refractivity contribution in [1.82, 2.24) is 15.1 Å². The molecule has 1 amide bonds. The van der Waals surface area contributed by atoms with Gasteiger partial charge in [0.15, 0.2) is 11.5 Å². The van der Waals surface area contributed by atoms with Crippen molar-refractivity contribution in [1.29, 1.82) is 0 Å². The van der Waals surface area contributed by atoms with E-state index in [1.807, 2.05) is 0 Å². The number of amides is 1. The Hall–Kier alpha value is -3.44. The predicted molar refractivity (Wildman–Crippen MR) is 145 cm³/mol. The van der Waals surface area contributed by atoms with Crippen molar-refractivity contribution in [3.05, 3.63) is 47.0 Å². The number of rotatable bonds is 8. The van der Waals surface area contributed by atoms with Crippen molar-refractivity contribution in [2.45, 2.75) is 90.4 Å². The number of carboxylic acid groups (broad SMARTS) is 1. The molecule has 0 saturated heterocycles. The van der Waals surface area contributed by atoms with E-state index in [9.17, 15) is 37.1 Å². The zero-order chi connectivity index (χ0) is 31.0. The highest BCUT2D eigenvalue weighted by Crippen LogP contribution is 2.44. The molecule has 2 fully saturated rings. The summed E-state index contributed by atoms with van der Waals surface area (Å²) in [4.78, 5) is 38.9. The Balaban J connectivity index is 1.68. The van der Waals surface area contributed by atoms with Crippen molar-refractivity contribution in [3.63, 3.8) is 0 Å². The van der Waals surface area contributed by atoms with Gasteiger partial charge in [0.1, 0.15) is 11.6 Å². The Morgan fingerprint density at radius 1 is 1.07 bits per heavy atom. The molecule has 0 bridgehead atoms. The zero-order valence-electron chi connectivity index (χ0n) is 24.2. The van der Waals surface area contributed by atoms with E-state index < -0.39 is 64.3 Å². The molecular weight excluding hydrogens is 558 g/mol. The predicted octanol–water partition coefficient (Wildman–Crippen LogP) is 6.45. The third-order valence-corrected chi connectivity index (χ3v) is 9.10. The molecule has 2 saturated carbocycles. The standard InChI is InChI=1S/C30H37F4N3O5/c1-28(2)12-8-17(9-13-28)23(24(38)22-20(31)6-5-7-21(22)42-4)36-26(39)19-16-35-37(25(19)30(32,33)34)18-10-14-29(3,15-11-18)27(40)41/h5-7,16-18,23H,8-15H2,1-4H3,(H,36,39)(H,40,41). The van der Waals surface area contributed by atoms with Crippen LogP contribution in [0.4, 0.5) is 17.6 Å². The number of benzene rings is 1. The molecule has 12 heteroatoms. The summed E-state index contributed by atoms with van der Waals surface area (Å²) in [6.45, 7) is 5.71. The number of ether oxygens (including phenoxy) is 1. The van der Waals surface area contributed by atoms with Gasteiger partial charge in [0.05, 0.1) is 41.9 Å². The Bertz CT molecular complexity index is 1330. The number of hydrogen-bond acceptors (Lipinski definition) is 5. The molecule has 1 aromatic carbocycles. The molecule has 0 radical (unpaired) electrons. The molecular formula is C30H37F4N3O5. The highest BCUT2D eigenvalue weighted by Gasteiger charge is 2.45. The van der Waals surface area contributed by atoms with Gasteiger partial charge in [0.2, 0.25) is 0 Å². The molecule has 1 aromatic heterocycles. The number of hydrogen-bond donors (Lipinski definition) is 2. The molecule has 2 aromatic rings. The number of ketones is 1. The van der Waals surface area contributed by atoms with E-state index in [0.29, 0.717) is 25.7 Å². The smallest absolute Gasteiger partial charge is 0.433 e. The number of Topliss-reactive ketones (excluding diaryl/α,β-unsaturated/α-hetero) is 1. The van der Waals surface area contributed by atoms with E-state index in [1.54, 1.807) is 6.92 Å². The highest BCUT2D eigenvalue weighted by molar-refractivity contribution is 6.06. The first-order valence-corrected chi connectivity index (χ1v) is 14.1. The van der Waals surface area contributed by atoms with E-state index in [2.05, 4.69) is 24.3 Å². The minimum atomic E-state index is -4.96. The summed E-state index contributed by atoms with van der Waals surface area (Å²) >= 11 is 0. The first-order chi connectivity index (χ1) is 19.6. The fraction of sp³-hybridized carbons (Fsp3) is 0.600. The second-order valence-corrected chi connectivity index (χ2v) is 12.6. The molecule has 2 N–H and O–H groups in total. The number of carbonyl (C=O) groups is 3. The van der Waals surface area contributed by atoms with Crippen molar-refractivity contribution in [3.8, 4) is 5.75 Å². The van der Waals surface area contributed by atoms with Crippen LogP contribution in [0, 0.1) is 22.6 Å². The van der Waals surface area contributed by atoms with Gasteiger partial charge in [-0.3, -0.25) is 19.1 Å². The van der Waals surface area contributed by atoms with Gasteiger partial charge in [-0.1, -0.05) is 19.9 Å². The van der Waals surface area contributed by atoms with Crippen LogP contribution >= 0.6 is 0 Å². The van der Waals surface area contributed by atoms with Gasteiger partial charge in [-0.05, 0) is 81.8 Å². The van der Waals surface area contributed by atoms with Crippen LogP contribution in [0.25, 0.3) is 0 Å². The SMILES string of the molecule is COc1cccc(F)c1C(=O)C(NC(=O)c1cnn(C2CCC(C)(C(=O)O)CC2)c1C(F)(F)F)C1CCC(C)(C)CC1. The highest BCUT2D eigenvalue weighted by atomic mass is 19.4. The molecule has 1 unspecified atom stereocenters. The zero-order valence-corrected chi connectivity index (χ0v) is 24.2. The molecule has 4 rings (SSSR count). The van der Waals surface area contributed by atoms with Gasteiger partial charge in [-0.25, -0.2) is 4.39 Å². The number of nitrogens with zero attached hydrogens (tertiary/aromatic N) is 2. The summed E-state index contributed by atoms with van der Waals surface area (Å²) < 4.78 is 64.1. The normalized spacial score (nSPS) is 23.7. The number of aromatic nitrogens is 2. The fourth-order valence-corrected chi connectivity index (χ4v) is 6.23. The number of carboxylic acids is 1. The number of halogens is 4. The quantitative estimate of drug-likeness (QED) is 0.268. The van der Waals surface area contributed by atoms with Crippen molar-refractivity contribution in [2.24, 2.45) is 16.7 Å². The molecule has 1 heterocycles. The van der Waals surface area contributed by atoms with Crippen molar-refractivity contribution < 1.29 is 41.8 Å². The van der Waals surface area contributed by atoms with Gasteiger partial charge >= 0.3 is 12.1 Å². The number of alkyl halides is 3. The largest absolute Gasteiger partial charge is 0.496 e. The van der Waals surface area contributed by atoms with E-state index in [0.717, 1.165) is 16.9 Å². The average Bonchev–Trinajstić information content (AvgIpc) is 3.38. The summed E-state index contributed by atoms with van der Waals surface area (Å²) in [5.74, 6) is -4.25. The van der Waals surface area contributed by atoms with E-state index in [1.165, 1.54) is 19.2 Å². The first-order valence-electron chi connectivity index (χ1n) is 14.1. The molecule has 42 heavy (non-hydrogen) atoms. The third kappa shape index (κ3) is 6.32. The van der Waals surface area contributed by atoms with Gasteiger partial charge in [0.25, 0.3) is 5.91 Å². The van der Waals surface area contributed by atoms with Crippen LogP contribution in [0.5, 0.6) is 5.75 Å². The maximum absolute atomic E-state index is 14.9. The fourth-order valence-electron chi connectivity index (χ4n) is 6.23. The lowest BCUT2D eigenvalue weighted by Gasteiger charge is -2.37. The summed E-state index contributed by atoms with van der Waals surface area (Å²) in [5.41, 5.74) is -3.43. The van der Waals surface area contributed by atoms with Crippen LogP contribution in [0.3, 0.4) is 0 Å². The summed E-state index contributed by atoms with van der Waals surface area (Å²) in [6, 6.07) is 1.82. The lowest BCUT2D eigenvalue weighted by Crippen LogP contribution is -2.48. The van der Waals surface area contributed by atoms with Crippen molar-refractivity contribution in [2.75, 3.05) is 7.11 Å².